The van der Waals surface area contributed by atoms with Gasteiger partial charge in [-0.1, -0.05) is 127 Å². The number of rotatable bonds is 14. The number of fused-ring (bicyclic) bond motifs is 2. The lowest BCUT2D eigenvalue weighted by atomic mass is 9.91. The fourth-order valence-corrected chi connectivity index (χ4v) is 10.5. The van der Waals surface area contributed by atoms with Crippen LogP contribution in [-0.4, -0.2) is 7.11 Å². The van der Waals surface area contributed by atoms with Crippen molar-refractivity contribution < 1.29 is 4.74 Å². The second kappa shape index (κ2) is 21.3. The van der Waals surface area contributed by atoms with Crippen molar-refractivity contribution in [3.05, 3.63) is 262 Å². The maximum atomic E-state index is 5.81. The van der Waals surface area contributed by atoms with E-state index in [0.717, 1.165) is 86.2 Å². The van der Waals surface area contributed by atoms with E-state index in [1.807, 2.05) is 0 Å². The Labute approximate surface area is 426 Å². The van der Waals surface area contributed by atoms with E-state index in [4.69, 9.17) is 4.74 Å². The lowest BCUT2D eigenvalue weighted by molar-refractivity contribution is 0.412. The molecule has 0 saturated carbocycles. The summed E-state index contributed by atoms with van der Waals surface area (Å²) in [6, 6.07) is 77.3. The highest BCUT2D eigenvalue weighted by Gasteiger charge is 2.19. The standard InChI is InChI=1S/C68H61N3O/c1-50-21-36-67(49-68(50)72-2)71(63-41-30-53(31-42-63)24-22-51-26-37-61(38-27-51)69(59-17-5-3-6-18-59)65-45-34-55-13-9-11-15-57(55)47-65)64-43-32-54(33-44-64)25-23-52-28-39-62(40-29-52)70(60-19-7-4-8-20-60)66-46-35-56-14-10-12-16-58(56)48-66/h3-8,17-49H,9-16H2,1-2H3/b24-22+,25-23+. The Morgan fingerprint density at radius 1 is 0.306 bits per heavy atom. The Morgan fingerprint density at radius 2 is 0.597 bits per heavy atom. The van der Waals surface area contributed by atoms with Gasteiger partial charge in [-0.25, -0.2) is 0 Å². The molecule has 4 heteroatoms. The molecule has 0 saturated heterocycles. The molecule has 2 aliphatic carbocycles. The first-order valence-corrected chi connectivity index (χ1v) is 25.7. The fraction of sp³-hybridized carbons (Fsp3) is 0.147. The largest absolute Gasteiger partial charge is 0.496 e. The topological polar surface area (TPSA) is 19.0 Å². The van der Waals surface area contributed by atoms with Crippen LogP contribution < -0.4 is 19.4 Å². The van der Waals surface area contributed by atoms with E-state index in [9.17, 15) is 0 Å². The van der Waals surface area contributed by atoms with Crippen LogP contribution >= 0.6 is 0 Å². The minimum atomic E-state index is 0.859. The predicted molar refractivity (Wildman–Crippen MR) is 306 cm³/mol. The van der Waals surface area contributed by atoms with Gasteiger partial charge in [-0.15, -0.1) is 0 Å². The SMILES string of the molecule is COc1cc(N(c2ccc(/C=C/c3ccc(N(c4ccccc4)c4ccc5c(c4)CCCC5)cc3)cc2)c2ccc(/C=C/c3ccc(N(c4ccccc4)c4ccc5c(c4)CCCC5)cc3)cc2)ccc1C. The van der Waals surface area contributed by atoms with Crippen LogP contribution in [0.2, 0.25) is 0 Å². The molecule has 0 N–H and O–H groups in total. The van der Waals surface area contributed by atoms with Crippen molar-refractivity contribution in [3.8, 4) is 5.75 Å². The molecule has 11 rings (SSSR count). The van der Waals surface area contributed by atoms with Gasteiger partial charge in [-0.3, -0.25) is 0 Å². The van der Waals surface area contributed by atoms with Crippen LogP contribution in [0, 0.1) is 6.92 Å². The van der Waals surface area contributed by atoms with Crippen molar-refractivity contribution in [3.63, 3.8) is 0 Å². The first-order chi connectivity index (χ1) is 35.5. The molecule has 4 nitrogen and oxygen atoms in total. The van der Waals surface area contributed by atoms with E-state index in [1.165, 1.54) is 72.2 Å². The third-order valence-corrected chi connectivity index (χ3v) is 14.4. The number of ether oxygens (including phenoxy) is 1. The molecule has 0 amide bonds. The normalized spacial score (nSPS) is 13.1. The molecule has 0 atom stereocenters. The van der Waals surface area contributed by atoms with E-state index in [1.54, 1.807) is 7.11 Å². The van der Waals surface area contributed by atoms with Gasteiger partial charge >= 0.3 is 0 Å². The number of benzene rings is 9. The minimum absolute atomic E-state index is 0.859. The number of hydrogen-bond acceptors (Lipinski definition) is 4. The van der Waals surface area contributed by atoms with Crippen molar-refractivity contribution in [1.29, 1.82) is 0 Å². The summed E-state index contributed by atoms with van der Waals surface area (Å²) in [5.41, 5.74) is 21.8. The molecule has 0 spiro atoms. The third-order valence-electron chi connectivity index (χ3n) is 14.4. The number of aryl methyl sites for hydroxylation is 5. The van der Waals surface area contributed by atoms with Gasteiger partial charge in [-0.05, 0) is 211 Å². The van der Waals surface area contributed by atoms with Gasteiger partial charge < -0.3 is 19.4 Å². The molecule has 0 heterocycles. The van der Waals surface area contributed by atoms with Crippen LogP contribution in [0.5, 0.6) is 5.75 Å². The molecule has 9 aromatic rings. The van der Waals surface area contributed by atoms with Gasteiger partial charge in [-0.2, -0.15) is 0 Å². The number of anilines is 9. The summed E-state index contributed by atoms with van der Waals surface area (Å²) in [6.07, 6.45) is 18.6. The Morgan fingerprint density at radius 3 is 0.944 bits per heavy atom. The minimum Gasteiger partial charge on any atom is -0.496 e. The highest BCUT2D eigenvalue weighted by molar-refractivity contribution is 5.83. The highest BCUT2D eigenvalue weighted by atomic mass is 16.5. The molecule has 354 valence electrons. The van der Waals surface area contributed by atoms with Crippen LogP contribution in [0.4, 0.5) is 51.2 Å². The van der Waals surface area contributed by atoms with Crippen LogP contribution in [0.1, 0.15) is 75.8 Å². The average Bonchev–Trinajstić information content (AvgIpc) is 3.44. The lowest BCUT2D eigenvalue weighted by Gasteiger charge is -2.27. The molecule has 72 heavy (non-hydrogen) atoms. The lowest BCUT2D eigenvalue weighted by Crippen LogP contribution is -2.11. The molecular formula is C68H61N3O. The molecule has 0 bridgehead atoms. The number of para-hydroxylation sites is 2. The predicted octanol–water partition coefficient (Wildman–Crippen LogP) is 18.5. The average molecular weight is 936 g/mol. The molecule has 2 aliphatic rings. The zero-order chi connectivity index (χ0) is 48.6. The van der Waals surface area contributed by atoms with E-state index >= 15 is 0 Å². The number of nitrogens with zero attached hydrogens (tertiary/aromatic N) is 3. The molecule has 0 fully saturated rings. The van der Waals surface area contributed by atoms with Crippen LogP contribution in [0.3, 0.4) is 0 Å². The zero-order valence-electron chi connectivity index (χ0n) is 41.4. The first kappa shape index (κ1) is 46.1. The van der Waals surface area contributed by atoms with Crippen LogP contribution in [0.15, 0.2) is 212 Å². The summed E-state index contributed by atoms with van der Waals surface area (Å²) in [5.74, 6) is 0.859. The Balaban J connectivity index is 0.808. The van der Waals surface area contributed by atoms with E-state index in [-0.39, 0.29) is 0 Å². The molecule has 0 unspecified atom stereocenters. The summed E-state index contributed by atoms with van der Waals surface area (Å²) in [4.78, 5) is 7.04. The second-order valence-electron chi connectivity index (χ2n) is 19.2. The Bertz CT molecular complexity index is 3120. The summed E-state index contributed by atoms with van der Waals surface area (Å²) < 4.78 is 5.81. The van der Waals surface area contributed by atoms with Crippen molar-refractivity contribution in [2.45, 2.75) is 58.3 Å². The highest BCUT2D eigenvalue weighted by Crippen LogP contribution is 2.41. The van der Waals surface area contributed by atoms with Gasteiger partial charge in [0.25, 0.3) is 0 Å². The van der Waals surface area contributed by atoms with Crippen molar-refractivity contribution in [2.24, 2.45) is 0 Å². The molecule has 0 aromatic heterocycles. The third kappa shape index (κ3) is 10.3. The van der Waals surface area contributed by atoms with E-state index in [2.05, 4.69) is 258 Å². The zero-order valence-corrected chi connectivity index (χ0v) is 41.4. The molecule has 9 aromatic carbocycles. The summed E-state index contributed by atoms with van der Waals surface area (Å²) in [7, 11) is 1.74. The van der Waals surface area contributed by atoms with Gasteiger partial charge in [0.15, 0.2) is 0 Å². The second-order valence-corrected chi connectivity index (χ2v) is 19.2. The van der Waals surface area contributed by atoms with Crippen molar-refractivity contribution in [2.75, 3.05) is 21.8 Å². The smallest absolute Gasteiger partial charge is 0.123 e. The van der Waals surface area contributed by atoms with Crippen molar-refractivity contribution >= 4 is 75.5 Å². The van der Waals surface area contributed by atoms with Crippen molar-refractivity contribution in [1.82, 2.24) is 0 Å². The first-order valence-electron chi connectivity index (χ1n) is 25.7. The maximum Gasteiger partial charge on any atom is 0.123 e. The number of hydrogen-bond donors (Lipinski definition) is 0. The Hall–Kier alpha value is -8.34. The summed E-state index contributed by atoms with van der Waals surface area (Å²) in [6.45, 7) is 2.08. The van der Waals surface area contributed by atoms with Gasteiger partial charge in [0.2, 0.25) is 0 Å². The molecular weight excluding hydrogens is 875 g/mol. The maximum absolute atomic E-state index is 5.81. The molecule has 0 aliphatic heterocycles. The van der Waals surface area contributed by atoms with E-state index in [0.29, 0.717) is 0 Å². The fourth-order valence-electron chi connectivity index (χ4n) is 10.5. The monoisotopic (exact) mass is 935 g/mol. The quantitative estimate of drug-likeness (QED) is 0.101. The van der Waals surface area contributed by atoms with Crippen LogP contribution in [0.25, 0.3) is 24.3 Å². The Kier molecular flexibility index (Phi) is 13.7. The van der Waals surface area contributed by atoms with Gasteiger partial charge in [0.1, 0.15) is 5.75 Å². The van der Waals surface area contributed by atoms with Crippen LogP contribution in [-0.2, 0) is 25.7 Å². The summed E-state index contributed by atoms with van der Waals surface area (Å²) >= 11 is 0. The summed E-state index contributed by atoms with van der Waals surface area (Å²) in [5, 5.41) is 0. The van der Waals surface area contributed by atoms with E-state index < -0.39 is 0 Å². The number of methoxy groups -OCH3 is 1. The van der Waals surface area contributed by atoms with Gasteiger partial charge in [0, 0.05) is 57.3 Å². The molecule has 0 radical (unpaired) electrons. The van der Waals surface area contributed by atoms with Gasteiger partial charge in [0.05, 0.1) is 7.11 Å².